The summed E-state index contributed by atoms with van der Waals surface area (Å²) in [6.07, 6.45) is 2.63. The third-order valence-electron chi connectivity index (χ3n) is 2.34. The number of hydrogen-bond donors (Lipinski definition) is 4. The minimum atomic E-state index is -1.11. The highest BCUT2D eigenvalue weighted by molar-refractivity contribution is 5.91. The van der Waals surface area contributed by atoms with Crippen LogP contribution in [0.25, 0.3) is 0 Å². The van der Waals surface area contributed by atoms with Crippen molar-refractivity contribution in [1.29, 1.82) is 0 Å². The summed E-state index contributed by atoms with van der Waals surface area (Å²) in [6, 6.07) is 2.90. The molecule has 0 aromatic carbocycles. The largest absolute Gasteiger partial charge is 0.477 e. The average Bonchev–Trinajstić information content (AvgIpc) is 2.83. The highest BCUT2D eigenvalue weighted by Gasteiger charge is 2.08. The van der Waals surface area contributed by atoms with E-state index in [4.69, 9.17) is 5.11 Å². The van der Waals surface area contributed by atoms with Crippen molar-refractivity contribution >= 4 is 11.9 Å². The molecule has 98 valence electrons. The third kappa shape index (κ3) is 3.06. The van der Waals surface area contributed by atoms with Gasteiger partial charge >= 0.3 is 11.7 Å². The van der Waals surface area contributed by atoms with E-state index in [1.54, 1.807) is 6.07 Å². The standard InChI is InChI=1S/C11H10N4O4/c16-9(8-5-14-11(19)15-8)13-4-6-1-2-7(10(17)18)12-3-6/h1-3,5H,4H2,(H,13,16)(H,17,18)(H2,14,15,19). The van der Waals surface area contributed by atoms with E-state index in [1.165, 1.54) is 18.5 Å². The molecular weight excluding hydrogens is 252 g/mol. The van der Waals surface area contributed by atoms with Crippen molar-refractivity contribution in [3.63, 3.8) is 0 Å². The predicted octanol–water partition coefficient (Wildman–Crippen LogP) is -0.274. The van der Waals surface area contributed by atoms with Gasteiger partial charge < -0.3 is 20.4 Å². The molecule has 8 nitrogen and oxygen atoms in total. The van der Waals surface area contributed by atoms with Gasteiger partial charge in [-0.1, -0.05) is 6.07 Å². The van der Waals surface area contributed by atoms with E-state index >= 15 is 0 Å². The summed E-state index contributed by atoms with van der Waals surface area (Å²) in [5, 5.41) is 11.2. The van der Waals surface area contributed by atoms with Crippen molar-refractivity contribution in [1.82, 2.24) is 20.3 Å². The van der Waals surface area contributed by atoms with Crippen LogP contribution in [-0.4, -0.2) is 31.9 Å². The normalized spacial score (nSPS) is 10.1. The zero-order valence-electron chi connectivity index (χ0n) is 9.64. The van der Waals surface area contributed by atoms with Gasteiger partial charge in [-0.25, -0.2) is 14.6 Å². The van der Waals surface area contributed by atoms with Crippen molar-refractivity contribution in [2.24, 2.45) is 0 Å². The van der Waals surface area contributed by atoms with Gasteiger partial charge in [-0.2, -0.15) is 0 Å². The molecule has 0 fully saturated rings. The van der Waals surface area contributed by atoms with Crippen molar-refractivity contribution in [2.75, 3.05) is 0 Å². The van der Waals surface area contributed by atoms with E-state index in [2.05, 4.69) is 20.3 Å². The van der Waals surface area contributed by atoms with Crippen LogP contribution < -0.4 is 11.0 Å². The van der Waals surface area contributed by atoms with Gasteiger partial charge in [-0.15, -0.1) is 0 Å². The van der Waals surface area contributed by atoms with Gasteiger partial charge in [0.2, 0.25) is 0 Å². The van der Waals surface area contributed by atoms with Gasteiger partial charge in [0.25, 0.3) is 5.91 Å². The lowest BCUT2D eigenvalue weighted by molar-refractivity contribution is 0.0690. The molecule has 0 saturated heterocycles. The minimum Gasteiger partial charge on any atom is -0.477 e. The molecule has 2 rings (SSSR count). The Morgan fingerprint density at radius 1 is 1.37 bits per heavy atom. The molecule has 0 aliphatic heterocycles. The van der Waals surface area contributed by atoms with Crippen molar-refractivity contribution in [3.05, 3.63) is 52.0 Å². The molecule has 2 aromatic heterocycles. The Morgan fingerprint density at radius 3 is 2.68 bits per heavy atom. The number of nitrogens with one attached hydrogen (secondary N) is 3. The first-order chi connectivity index (χ1) is 9.06. The van der Waals surface area contributed by atoms with Crippen LogP contribution in [0.4, 0.5) is 0 Å². The van der Waals surface area contributed by atoms with E-state index in [0.717, 1.165) is 0 Å². The van der Waals surface area contributed by atoms with Crippen LogP contribution in [0.1, 0.15) is 26.5 Å². The Labute approximate surface area is 106 Å². The molecule has 0 aliphatic carbocycles. The fraction of sp³-hybridized carbons (Fsp3) is 0.0909. The second kappa shape index (κ2) is 5.17. The number of hydrogen-bond acceptors (Lipinski definition) is 4. The van der Waals surface area contributed by atoms with E-state index < -0.39 is 17.6 Å². The first kappa shape index (κ1) is 12.6. The summed E-state index contributed by atoms with van der Waals surface area (Å²) >= 11 is 0. The number of carbonyl (C=O) groups excluding carboxylic acids is 1. The summed E-state index contributed by atoms with van der Waals surface area (Å²) in [6.45, 7) is 0.180. The number of nitrogens with zero attached hydrogens (tertiary/aromatic N) is 1. The van der Waals surface area contributed by atoms with Crippen LogP contribution in [0.5, 0.6) is 0 Å². The van der Waals surface area contributed by atoms with Gasteiger partial charge in [0.15, 0.2) is 0 Å². The van der Waals surface area contributed by atoms with Crippen molar-refractivity contribution < 1.29 is 14.7 Å². The van der Waals surface area contributed by atoms with Crippen molar-refractivity contribution in [2.45, 2.75) is 6.54 Å². The molecule has 0 atom stereocenters. The predicted molar refractivity (Wildman–Crippen MR) is 63.8 cm³/mol. The van der Waals surface area contributed by atoms with Crippen LogP contribution in [0.3, 0.4) is 0 Å². The van der Waals surface area contributed by atoms with Crippen LogP contribution in [0, 0.1) is 0 Å². The molecule has 2 heterocycles. The zero-order chi connectivity index (χ0) is 13.8. The number of pyridine rings is 1. The Bertz CT molecular complexity index is 656. The second-order valence-electron chi connectivity index (χ2n) is 3.70. The van der Waals surface area contributed by atoms with E-state index in [-0.39, 0.29) is 17.9 Å². The molecule has 0 spiro atoms. The van der Waals surface area contributed by atoms with Gasteiger partial charge in [-0.05, 0) is 11.6 Å². The SMILES string of the molecule is O=C(O)c1ccc(CNC(=O)c2c[nH]c(=O)[nH]2)cn1. The lowest BCUT2D eigenvalue weighted by Crippen LogP contribution is -2.23. The van der Waals surface area contributed by atoms with Crippen LogP contribution in [0.2, 0.25) is 0 Å². The minimum absolute atomic E-state index is 0.0648. The lowest BCUT2D eigenvalue weighted by atomic mass is 10.2. The summed E-state index contributed by atoms with van der Waals surface area (Å²) in [5.41, 5.74) is 0.249. The number of amides is 1. The fourth-order valence-corrected chi connectivity index (χ4v) is 1.39. The quantitative estimate of drug-likeness (QED) is 0.602. The number of aromatic carboxylic acids is 1. The first-order valence-corrected chi connectivity index (χ1v) is 5.30. The molecular formula is C11H10N4O4. The highest BCUT2D eigenvalue weighted by Crippen LogP contribution is 2.00. The van der Waals surface area contributed by atoms with Crippen LogP contribution >= 0.6 is 0 Å². The van der Waals surface area contributed by atoms with Gasteiger partial charge in [-0.3, -0.25) is 4.79 Å². The molecule has 4 N–H and O–H groups in total. The second-order valence-corrected chi connectivity index (χ2v) is 3.70. The summed E-state index contributed by atoms with van der Waals surface area (Å²) in [4.78, 5) is 41.4. The lowest BCUT2D eigenvalue weighted by Gasteiger charge is -2.03. The van der Waals surface area contributed by atoms with Crippen molar-refractivity contribution in [3.8, 4) is 0 Å². The first-order valence-electron chi connectivity index (χ1n) is 5.30. The number of carboxylic acid groups (broad SMARTS) is 1. The summed E-state index contributed by atoms with van der Waals surface area (Å²) in [5.74, 6) is -1.55. The van der Waals surface area contributed by atoms with E-state index in [1.807, 2.05) is 0 Å². The molecule has 2 aromatic rings. The van der Waals surface area contributed by atoms with Gasteiger partial charge in [0, 0.05) is 18.9 Å². The van der Waals surface area contributed by atoms with Crippen LogP contribution in [-0.2, 0) is 6.54 Å². The van der Waals surface area contributed by atoms with Gasteiger partial charge in [0.05, 0.1) is 0 Å². The molecule has 0 saturated carbocycles. The maximum atomic E-state index is 11.6. The zero-order valence-corrected chi connectivity index (χ0v) is 9.64. The molecule has 8 heteroatoms. The molecule has 1 amide bonds. The Balaban J connectivity index is 1.97. The summed E-state index contributed by atoms with van der Waals surface area (Å²) < 4.78 is 0. The van der Waals surface area contributed by atoms with Crippen LogP contribution in [0.15, 0.2) is 29.3 Å². The molecule has 19 heavy (non-hydrogen) atoms. The van der Waals surface area contributed by atoms with E-state index in [9.17, 15) is 14.4 Å². The Hall–Kier alpha value is -2.90. The van der Waals surface area contributed by atoms with Gasteiger partial charge in [0.1, 0.15) is 11.4 Å². The average molecular weight is 262 g/mol. The molecule has 0 bridgehead atoms. The molecule has 0 unspecified atom stereocenters. The third-order valence-corrected chi connectivity index (χ3v) is 2.34. The highest BCUT2D eigenvalue weighted by atomic mass is 16.4. The smallest absolute Gasteiger partial charge is 0.354 e. The topological polar surface area (TPSA) is 128 Å². The molecule has 0 aliphatic rings. The number of aromatic amines is 2. The fourth-order valence-electron chi connectivity index (χ4n) is 1.39. The number of H-pyrrole nitrogens is 2. The Kier molecular flexibility index (Phi) is 3.42. The number of imidazole rings is 1. The number of aromatic nitrogens is 3. The van der Waals surface area contributed by atoms with E-state index in [0.29, 0.717) is 5.56 Å². The molecule has 0 radical (unpaired) electrons. The maximum absolute atomic E-state index is 11.6. The number of rotatable bonds is 4. The summed E-state index contributed by atoms with van der Waals surface area (Å²) in [7, 11) is 0. The number of carbonyl (C=O) groups is 2. The maximum Gasteiger partial charge on any atom is 0.354 e. The monoisotopic (exact) mass is 262 g/mol. The number of carboxylic acids is 1. The Morgan fingerprint density at radius 2 is 2.16 bits per heavy atom.